The molecule has 4 nitrogen and oxygen atoms in total. The Balaban J connectivity index is 2.15. The van der Waals surface area contributed by atoms with Crippen LogP contribution in [0.3, 0.4) is 0 Å². The Morgan fingerprint density at radius 3 is 2.42 bits per heavy atom. The molecule has 2 amide bonds. The molecule has 2 rings (SSSR count). The fourth-order valence-electron chi connectivity index (χ4n) is 2.79. The molecule has 0 heterocycles. The van der Waals surface area contributed by atoms with Crippen LogP contribution in [0.25, 0.3) is 0 Å². The van der Waals surface area contributed by atoms with Gasteiger partial charge in [-0.15, -0.1) is 0 Å². The van der Waals surface area contributed by atoms with Gasteiger partial charge in [0.25, 0.3) is 0 Å². The molecular formula is C20H26N2O2. The van der Waals surface area contributed by atoms with Crippen LogP contribution < -0.4 is 10.6 Å². The molecule has 0 aliphatic rings. The van der Waals surface area contributed by atoms with Crippen LogP contribution in [0.2, 0.25) is 0 Å². The summed E-state index contributed by atoms with van der Waals surface area (Å²) in [6, 6.07) is 15.3. The number of para-hydroxylation sites is 1. The topological polar surface area (TPSA) is 61.4 Å². The Morgan fingerprint density at radius 1 is 1.08 bits per heavy atom. The molecule has 128 valence electrons. The van der Waals surface area contributed by atoms with Crippen LogP contribution in [-0.2, 0) is 0 Å². The van der Waals surface area contributed by atoms with Crippen LogP contribution in [0.4, 0.5) is 10.5 Å². The van der Waals surface area contributed by atoms with E-state index >= 15 is 0 Å². The van der Waals surface area contributed by atoms with Gasteiger partial charge in [0, 0.05) is 12.3 Å². The predicted molar refractivity (Wildman–Crippen MR) is 98.3 cm³/mol. The zero-order chi connectivity index (χ0) is 17.5. The molecule has 0 saturated carbocycles. The minimum Gasteiger partial charge on any atom is -0.396 e. The van der Waals surface area contributed by atoms with Crippen molar-refractivity contribution >= 4 is 11.7 Å². The van der Waals surface area contributed by atoms with Gasteiger partial charge >= 0.3 is 6.03 Å². The number of hydrogen-bond donors (Lipinski definition) is 3. The maximum atomic E-state index is 12.5. The lowest BCUT2D eigenvalue weighted by Crippen LogP contribution is -2.33. The largest absolute Gasteiger partial charge is 0.396 e. The summed E-state index contributed by atoms with van der Waals surface area (Å²) in [6.45, 7) is 6.22. The molecule has 0 aliphatic heterocycles. The van der Waals surface area contributed by atoms with Gasteiger partial charge in [-0.25, -0.2) is 4.79 Å². The number of nitrogens with one attached hydrogen (secondary N) is 2. The van der Waals surface area contributed by atoms with Gasteiger partial charge in [-0.05, 0) is 36.0 Å². The molecule has 0 spiro atoms. The molecule has 1 atom stereocenters. The Bertz CT molecular complexity index is 669. The SMILES string of the molecule is Cc1cccc(C(C)C)c1NC(=O)N[C@H](CCO)c1ccccc1. The van der Waals surface area contributed by atoms with Crippen molar-refractivity contribution in [2.45, 2.75) is 39.2 Å². The summed E-state index contributed by atoms with van der Waals surface area (Å²) in [6.07, 6.45) is 0.474. The molecule has 0 aliphatic carbocycles. The van der Waals surface area contributed by atoms with E-state index in [1.165, 1.54) is 0 Å². The average molecular weight is 326 g/mol. The molecule has 2 aromatic carbocycles. The number of amides is 2. The van der Waals surface area contributed by atoms with Gasteiger partial charge in [0.2, 0.25) is 0 Å². The average Bonchev–Trinajstić information content (AvgIpc) is 2.57. The van der Waals surface area contributed by atoms with E-state index in [9.17, 15) is 9.90 Å². The first-order chi connectivity index (χ1) is 11.5. The Kier molecular flexibility index (Phi) is 6.38. The second kappa shape index (κ2) is 8.50. The Labute approximate surface area is 143 Å². The zero-order valence-electron chi connectivity index (χ0n) is 14.5. The van der Waals surface area contributed by atoms with Crippen molar-refractivity contribution in [2.24, 2.45) is 0 Å². The van der Waals surface area contributed by atoms with Crippen molar-refractivity contribution < 1.29 is 9.90 Å². The fourth-order valence-corrected chi connectivity index (χ4v) is 2.79. The first-order valence-corrected chi connectivity index (χ1v) is 8.35. The van der Waals surface area contributed by atoms with Gasteiger partial charge < -0.3 is 15.7 Å². The van der Waals surface area contributed by atoms with Crippen LogP contribution in [0.15, 0.2) is 48.5 Å². The van der Waals surface area contributed by atoms with Gasteiger partial charge in [0.05, 0.1) is 6.04 Å². The van der Waals surface area contributed by atoms with Crippen molar-refractivity contribution in [1.82, 2.24) is 5.32 Å². The summed E-state index contributed by atoms with van der Waals surface area (Å²) in [5.41, 5.74) is 4.00. The molecule has 0 radical (unpaired) electrons. The van der Waals surface area contributed by atoms with E-state index in [1.807, 2.05) is 55.5 Å². The third kappa shape index (κ3) is 4.59. The number of carbonyl (C=O) groups is 1. The third-order valence-corrected chi connectivity index (χ3v) is 4.09. The molecule has 4 heteroatoms. The molecule has 0 aromatic heterocycles. The van der Waals surface area contributed by atoms with Crippen molar-refractivity contribution in [3.8, 4) is 0 Å². The molecule has 3 N–H and O–H groups in total. The van der Waals surface area contributed by atoms with E-state index in [4.69, 9.17) is 0 Å². The lowest BCUT2D eigenvalue weighted by Gasteiger charge is -2.21. The van der Waals surface area contributed by atoms with Gasteiger partial charge in [-0.1, -0.05) is 62.4 Å². The molecular weight excluding hydrogens is 300 g/mol. The second-order valence-corrected chi connectivity index (χ2v) is 6.27. The lowest BCUT2D eigenvalue weighted by molar-refractivity contribution is 0.239. The van der Waals surface area contributed by atoms with Crippen LogP contribution >= 0.6 is 0 Å². The zero-order valence-corrected chi connectivity index (χ0v) is 14.5. The number of anilines is 1. The highest BCUT2D eigenvalue weighted by Gasteiger charge is 2.16. The van der Waals surface area contributed by atoms with Gasteiger partial charge in [-0.3, -0.25) is 0 Å². The summed E-state index contributed by atoms with van der Waals surface area (Å²) in [5, 5.41) is 15.2. The number of hydrogen-bond acceptors (Lipinski definition) is 2. The molecule has 24 heavy (non-hydrogen) atoms. The molecule has 0 unspecified atom stereocenters. The van der Waals surface area contributed by atoms with E-state index in [-0.39, 0.29) is 18.7 Å². The highest BCUT2D eigenvalue weighted by Crippen LogP contribution is 2.27. The molecule has 0 fully saturated rings. The van der Waals surface area contributed by atoms with Crippen LogP contribution in [0.1, 0.15) is 48.9 Å². The number of urea groups is 1. The quantitative estimate of drug-likeness (QED) is 0.738. The number of carbonyl (C=O) groups excluding carboxylic acids is 1. The summed E-state index contributed by atoms with van der Waals surface area (Å²) in [7, 11) is 0. The summed E-state index contributed by atoms with van der Waals surface area (Å²) in [5.74, 6) is 0.322. The minimum absolute atomic E-state index is 0.0153. The van der Waals surface area contributed by atoms with Gasteiger partial charge in [-0.2, -0.15) is 0 Å². The maximum Gasteiger partial charge on any atom is 0.319 e. The summed E-state index contributed by atoms with van der Waals surface area (Å²) in [4.78, 5) is 12.5. The Hall–Kier alpha value is -2.33. The van der Waals surface area contributed by atoms with Crippen LogP contribution in [-0.4, -0.2) is 17.7 Å². The monoisotopic (exact) mass is 326 g/mol. The number of aliphatic hydroxyl groups excluding tert-OH is 1. The lowest BCUT2D eigenvalue weighted by atomic mass is 9.98. The van der Waals surface area contributed by atoms with E-state index < -0.39 is 0 Å². The molecule has 2 aromatic rings. The Morgan fingerprint density at radius 2 is 1.79 bits per heavy atom. The van der Waals surface area contributed by atoms with E-state index in [1.54, 1.807) is 0 Å². The highest BCUT2D eigenvalue weighted by molar-refractivity contribution is 5.91. The van der Waals surface area contributed by atoms with Crippen LogP contribution in [0.5, 0.6) is 0 Å². The normalized spacial score (nSPS) is 12.0. The van der Waals surface area contributed by atoms with Crippen molar-refractivity contribution in [2.75, 3.05) is 11.9 Å². The number of rotatable bonds is 6. The number of benzene rings is 2. The van der Waals surface area contributed by atoms with Crippen molar-refractivity contribution in [1.29, 1.82) is 0 Å². The van der Waals surface area contributed by atoms with Gasteiger partial charge in [0.15, 0.2) is 0 Å². The first-order valence-electron chi connectivity index (χ1n) is 8.35. The van der Waals surface area contributed by atoms with E-state index in [2.05, 4.69) is 24.5 Å². The summed E-state index contributed by atoms with van der Waals surface area (Å²) < 4.78 is 0. The van der Waals surface area contributed by atoms with E-state index in [0.29, 0.717) is 12.3 Å². The second-order valence-electron chi connectivity index (χ2n) is 6.27. The van der Waals surface area contributed by atoms with Crippen molar-refractivity contribution in [3.05, 3.63) is 65.2 Å². The maximum absolute atomic E-state index is 12.5. The number of aryl methyl sites for hydroxylation is 1. The van der Waals surface area contributed by atoms with Crippen LogP contribution in [0, 0.1) is 6.92 Å². The smallest absolute Gasteiger partial charge is 0.319 e. The fraction of sp³-hybridized carbons (Fsp3) is 0.350. The minimum atomic E-state index is -0.256. The predicted octanol–water partition coefficient (Wildman–Crippen LogP) is 4.36. The van der Waals surface area contributed by atoms with Gasteiger partial charge in [0.1, 0.15) is 0 Å². The highest BCUT2D eigenvalue weighted by atomic mass is 16.3. The number of aliphatic hydroxyl groups is 1. The molecule has 0 bridgehead atoms. The summed E-state index contributed by atoms with van der Waals surface area (Å²) >= 11 is 0. The first kappa shape index (κ1) is 18.0. The molecule has 0 saturated heterocycles. The van der Waals surface area contributed by atoms with E-state index in [0.717, 1.165) is 22.4 Å². The van der Waals surface area contributed by atoms with Crippen molar-refractivity contribution in [3.63, 3.8) is 0 Å². The standard InChI is InChI=1S/C20H26N2O2/c1-14(2)17-11-7-8-15(3)19(17)22-20(24)21-18(12-13-23)16-9-5-4-6-10-16/h4-11,14,18,23H,12-13H2,1-3H3,(H2,21,22,24)/t18-/m1/s1. The third-order valence-electron chi connectivity index (χ3n) is 4.09.